The predicted octanol–water partition coefficient (Wildman–Crippen LogP) is 2.63. The van der Waals surface area contributed by atoms with E-state index in [1.165, 1.54) is 18.5 Å². The van der Waals surface area contributed by atoms with Crippen LogP contribution in [-0.2, 0) is 11.2 Å². The second-order valence-corrected chi connectivity index (χ2v) is 9.52. The third-order valence-electron chi connectivity index (χ3n) is 5.41. The Labute approximate surface area is 186 Å². The summed E-state index contributed by atoms with van der Waals surface area (Å²) >= 11 is 6.01. The lowest BCUT2D eigenvalue weighted by molar-refractivity contribution is -0.118. The number of nitrogens with two attached hydrogens (primary N) is 1. The lowest BCUT2D eigenvalue weighted by Gasteiger charge is -2.27. The zero-order valence-electron chi connectivity index (χ0n) is 17.9. The number of halogens is 2. The highest BCUT2D eigenvalue weighted by Gasteiger charge is 2.47. The van der Waals surface area contributed by atoms with Gasteiger partial charge in [0.05, 0.1) is 29.2 Å². The van der Waals surface area contributed by atoms with E-state index in [1.807, 2.05) is 0 Å². The largest absolute Gasteiger partial charge is 0.396 e. The van der Waals surface area contributed by atoms with Crippen molar-refractivity contribution in [2.75, 3.05) is 11.9 Å². The molecule has 1 aromatic carbocycles. The van der Waals surface area contributed by atoms with E-state index in [1.54, 1.807) is 12.1 Å². The molecule has 0 bridgehead atoms. The molecule has 5 N–H and O–H groups in total. The van der Waals surface area contributed by atoms with E-state index in [9.17, 15) is 9.18 Å². The van der Waals surface area contributed by atoms with Gasteiger partial charge in [-0.25, -0.2) is 9.37 Å². The molecular formula is C22H29ClFN5O2. The fourth-order valence-electron chi connectivity index (χ4n) is 4.04. The first-order chi connectivity index (χ1) is 14.6. The van der Waals surface area contributed by atoms with Gasteiger partial charge in [0.15, 0.2) is 5.82 Å². The van der Waals surface area contributed by atoms with Crippen LogP contribution in [0.1, 0.15) is 44.4 Å². The summed E-state index contributed by atoms with van der Waals surface area (Å²) in [6.07, 6.45) is 4.02. The average molecular weight is 450 g/mol. The van der Waals surface area contributed by atoms with Gasteiger partial charge in [0, 0.05) is 31.0 Å². The van der Waals surface area contributed by atoms with Crippen LogP contribution < -0.4 is 16.4 Å². The number of nitrogens with one attached hydrogen (secondary N) is 2. The van der Waals surface area contributed by atoms with Crippen molar-refractivity contribution in [3.8, 4) is 0 Å². The summed E-state index contributed by atoms with van der Waals surface area (Å²) in [5.74, 6) is -1.27. The summed E-state index contributed by atoms with van der Waals surface area (Å²) in [6.45, 7) is 6.24. The molecule has 7 nitrogen and oxygen atoms in total. The summed E-state index contributed by atoms with van der Waals surface area (Å²) < 4.78 is 14.9. The zero-order chi connectivity index (χ0) is 22.8. The zero-order valence-corrected chi connectivity index (χ0v) is 18.7. The topological polar surface area (TPSA) is 113 Å². The Balaban J connectivity index is 1.88. The molecule has 168 valence electrons. The van der Waals surface area contributed by atoms with Crippen LogP contribution >= 0.6 is 11.6 Å². The molecule has 1 aliphatic heterocycles. The normalized spacial score (nSPS) is 23.7. The molecule has 9 heteroatoms. The van der Waals surface area contributed by atoms with Gasteiger partial charge in [-0.1, -0.05) is 44.5 Å². The summed E-state index contributed by atoms with van der Waals surface area (Å²) in [6, 6.07) is 3.31. The maximum atomic E-state index is 14.9. The van der Waals surface area contributed by atoms with Gasteiger partial charge < -0.3 is 21.5 Å². The highest BCUT2D eigenvalue weighted by atomic mass is 35.5. The minimum Gasteiger partial charge on any atom is -0.396 e. The Hall–Kier alpha value is -2.13. The van der Waals surface area contributed by atoms with E-state index in [0.29, 0.717) is 24.1 Å². The van der Waals surface area contributed by atoms with Crippen molar-refractivity contribution in [1.29, 1.82) is 0 Å². The first kappa shape index (κ1) is 23.5. The number of rotatable bonds is 6. The van der Waals surface area contributed by atoms with Crippen LogP contribution in [0.3, 0.4) is 0 Å². The van der Waals surface area contributed by atoms with E-state index < -0.39 is 23.8 Å². The third-order valence-corrected chi connectivity index (χ3v) is 5.70. The van der Waals surface area contributed by atoms with E-state index in [0.717, 1.165) is 0 Å². The van der Waals surface area contributed by atoms with E-state index >= 15 is 0 Å². The maximum absolute atomic E-state index is 14.9. The van der Waals surface area contributed by atoms with Gasteiger partial charge in [0.1, 0.15) is 5.82 Å². The van der Waals surface area contributed by atoms with Crippen LogP contribution in [0, 0.1) is 11.2 Å². The van der Waals surface area contributed by atoms with Crippen LogP contribution in [-0.4, -0.2) is 45.7 Å². The molecule has 4 atom stereocenters. The summed E-state index contributed by atoms with van der Waals surface area (Å²) in [7, 11) is 0. The van der Waals surface area contributed by atoms with Crippen molar-refractivity contribution in [3.05, 3.63) is 52.7 Å². The summed E-state index contributed by atoms with van der Waals surface area (Å²) in [5, 5.41) is 15.0. The monoisotopic (exact) mass is 449 g/mol. The number of carbonyl (C=O) groups is 1. The van der Waals surface area contributed by atoms with E-state index in [4.69, 9.17) is 22.4 Å². The fraction of sp³-hybridized carbons (Fsp3) is 0.500. The van der Waals surface area contributed by atoms with Crippen molar-refractivity contribution >= 4 is 23.3 Å². The van der Waals surface area contributed by atoms with Crippen LogP contribution in [0.5, 0.6) is 0 Å². The minimum absolute atomic E-state index is 0.00605. The molecule has 2 heterocycles. The van der Waals surface area contributed by atoms with Crippen LogP contribution in [0.2, 0.25) is 5.02 Å². The lowest BCUT2D eigenvalue weighted by atomic mass is 9.81. The lowest BCUT2D eigenvalue weighted by Crippen LogP contribution is -2.43. The minimum atomic E-state index is -0.769. The Morgan fingerprint density at radius 1 is 1.32 bits per heavy atom. The van der Waals surface area contributed by atoms with Gasteiger partial charge >= 0.3 is 0 Å². The van der Waals surface area contributed by atoms with Gasteiger partial charge in [-0.2, -0.15) is 0 Å². The predicted molar refractivity (Wildman–Crippen MR) is 118 cm³/mol. The molecule has 1 amide bonds. The molecule has 1 fully saturated rings. The average Bonchev–Trinajstić information content (AvgIpc) is 3.00. The fourth-order valence-corrected chi connectivity index (χ4v) is 4.23. The standard InChI is InChI=1S/C22H29ClFN5O2/c1-22(2,3)9-15-19(25)17(13-5-4-6-14(23)18(13)24)20(28-15)21(31)29-16-11-26-12(7-8-30)10-27-16/h4-6,10-11,15,17,19-20,28,30H,7-9,25H2,1-3H3,(H,27,29,31)/t15-,17+,19?,20+/m0/s1. The first-order valence-electron chi connectivity index (χ1n) is 10.3. The number of hydrogen-bond acceptors (Lipinski definition) is 6. The van der Waals surface area contributed by atoms with E-state index in [-0.39, 0.29) is 34.8 Å². The summed E-state index contributed by atoms with van der Waals surface area (Å²) in [5.41, 5.74) is 7.45. The third kappa shape index (κ3) is 5.57. The van der Waals surface area contributed by atoms with Gasteiger partial charge in [-0.3, -0.25) is 9.78 Å². The maximum Gasteiger partial charge on any atom is 0.243 e. The number of benzene rings is 1. The van der Waals surface area contributed by atoms with Gasteiger partial charge in [-0.15, -0.1) is 0 Å². The SMILES string of the molecule is CC(C)(C)C[C@@H]1N[C@@H](C(=O)Nc2cnc(CCO)cn2)[C@H](c2cccc(Cl)c2F)C1N. The first-order valence-corrected chi connectivity index (χ1v) is 10.7. The molecule has 0 saturated carbocycles. The highest BCUT2D eigenvalue weighted by molar-refractivity contribution is 6.30. The van der Waals surface area contributed by atoms with Gasteiger partial charge in [0.2, 0.25) is 5.91 Å². The molecule has 1 unspecified atom stereocenters. The molecular weight excluding hydrogens is 421 g/mol. The number of hydrogen-bond donors (Lipinski definition) is 4. The molecule has 1 aliphatic rings. The van der Waals surface area contributed by atoms with Crippen molar-refractivity contribution in [2.24, 2.45) is 11.1 Å². The van der Waals surface area contributed by atoms with Crippen LogP contribution in [0.25, 0.3) is 0 Å². The van der Waals surface area contributed by atoms with Crippen molar-refractivity contribution in [2.45, 2.75) is 57.7 Å². The van der Waals surface area contributed by atoms with Crippen molar-refractivity contribution in [1.82, 2.24) is 15.3 Å². The molecule has 1 aromatic heterocycles. The van der Waals surface area contributed by atoms with Crippen LogP contribution in [0.4, 0.5) is 10.2 Å². The Bertz CT molecular complexity index is 919. The van der Waals surface area contributed by atoms with E-state index in [2.05, 4.69) is 41.4 Å². The number of carbonyl (C=O) groups excluding carboxylic acids is 1. The second kappa shape index (κ2) is 9.56. The molecule has 2 aromatic rings. The number of nitrogens with zero attached hydrogens (tertiary/aromatic N) is 2. The molecule has 1 saturated heterocycles. The van der Waals surface area contributed by atoms with Crippen molar-refractivity contribution in [3.63, 3.8) is 0 Å². The van der Waals surface area contributed by atoms with Gasteiger partial charge in [0.25, 0.3) is 0 Å². The Morgan fingerprint density at radius 3 is 2.68 bits per heavy atom. The number of aliphatic hydroxyl groups is 1. The molecule has 3 rings (SSSR count). The van der Waals surface area contributed by atoms with Crippen LogP contribution in [0.15, 0.2) is 30.6 Å². The van der Waals surface area contributed by atoms with Gasteiger partial charge in [-0.05, 0) is 23.5 Å². The number of aromatic nitrogens is 2. The molecule has 0 radical (unpaired) electrons. The molecule has 31 heavy (non-hydrogen) atoms. The number of aliphatic hydroxyl groups excluding tert-OH is 1. The smallest absolute Gasteiger partial charge is 0.243 e. The summed E-state index contributed by atoms with van der Waals surface area (Å²) in [4.78, 5) is 21.5. The van der Waals surface area contributed by atoms with Crippen molar-refractivity contribution < 1.29 is 14.3 Å². The quantitative estimate of drug-likeness (QED) is 0.539. The number of amides is 1. The Morgan fingerprint density at radius 2 is 2.06 bits per heavy atom. The highest BCUT2D eigenvalue weighted by Crippen LogP contribution is 2.37. The number of anilines is 1. The second-order valence-electron chi connectivity index (χ2n) is 9.12. The molecule has 0 aliphatic carbocycles. The molecule has 0 spiro atoms. The Kier molecular flexibility index (Phi) is 7.26.